The predicted octanol–water partition coefficient (Wildman–Crippen LogP) is 1.86. The van der Waals surface area contributed by atoms with E-state index in [9.17, 15) is 9.18 Å². The molecule has 2 aliphatic rings. The molecule has 1 spiro atoms. The first-order chi connectivity index (χ1) is 11.4. The summed E-state index contributed by atoms with van der Waals surface area (Å²) < 4.78 is 19.6. The molecule has 0 bridgehead atoms. The van der Waals surface area contributed by atoms with E-state index in [1.165, 1.54) is 25.1 Å². The largest absolute Gasteiger partial charge is 0.427 e. The molecule has 7 nitrogen and oxygen atoms in total. The van der Waals surface area contributed by atoms with Gasteiger partial charge in [-0.2, -0.15) is 4.99 Å². The molecule has 4 N–H and O–H groups in total. The molecule has 1 heterocycles. The standard InChI is InChI=1S/C16H20FN5O2/c1-10(23)24-11-5-6-12(17)13(9-11)22-15(19)20-14(18)21-16(22)7-3-2-4-8-16/h5-6,9H,2-4,7-8H2,1H3,(H4,18,19,20,21). The van der Waals surface area contributed by atoms with Crippen molar-refractivity contribution in [1.82, 2.24) is 0 Å². The molecule has 1 saturated carbocycles. The smallest absolute Gasteiger partial charge is 0.308 e. The maximum atomic E-state index is 14.5. The van der Waals surface area contributed by atoms with E-state index in [0.29, 0.717) is 12.8 Å². The third-order valence-electron chi connectivity index (χ3n) is 4.27. The Bertz CT molecular complexity index is 725. The van der Waals surface area contributed by atoms with Crippen LogP contribution in [0.1, 0.15) is 39.0 Å². The Labute approximate surface area is 139 Å². The van der Waals surface area contributed by atoms with Crippen LogP contribution in [0.25, 0.3) is 0 Å². The van der Waals surface area contributed by atoms with Crippen molar-refractivity contribution >= 4 is 23.6 Å². The van der Waals surface area contributed by atoms with Gasteiger partial charge in [-0.25, -0.2) is 9.38 Å². The van der Waals surface area contributed by atoms with Crippen LogP contribution in [0.15, 0.2) is 28.2 Å². The Morgan fingerprint density at radius 1 is 1.29 bits per heavy atom. The third-order valence-corrected chi connectivity index (χ3v) is 4.27. The van der Waals surface area contributed by atoms with Gasteiger partial charge < -0.3 is 16.2 Å². The quantitative estimate of drug-likeness (QED) is 0.634. The van der Waals surface area contributed by atoms with E-state index < -0.39 is 17.4 Å². The molecule has 24 heavy (non-hydrogen) atoms. The third kappa shape index (κ3) is 2.91. The Kier molecular flexibility index (Phi) is 4.13. The summed E-state index contributed by atoms with van der Waals surface area (Å²) in [5, 5.41) is 0. The van der Waals surface area contributed by atoms with E-state index in [-0.39, 0.29) is 23.4 Å². The van der Waals surface area contributed by atoms with E-state index in [1.54, 1.807) is 4.90 Å². The van der Waals surface area contributed by atoms with Crippen molar-refractivity contribution in [2.24, 2.45) is 21.5 Å². The first-order valence-electron chi connectivity index (χ1n) is 7.89. The highest BCUT2D eigenvalue weighted by molar-refractivity contribution is 6.05. The molecule has 0 radical (unpaired) electrons. The van der Waals surface area contributed by atoms with Crippen LogP contribution in [0.3, 0.4) is 0 Å². The summed E-state index contributed by atoms with van der Waals surface area (Å²) in [6.45, 7) is 1.29. The van der Waals surface area contributed by atoms with Gasteiger partial charge in [-0.05, 0) is 37.8 Å². The average Bonchev–Trinajstić information content (AvgIpc) is 2.50. The second kappa shape index (κ2) is 6.10. The van der Waals surface area contributed by atoms with Crippen molar-refractivity contribution in [3.05, 3.63) is 24.0 Å². The lowest BCUT2D eigenvalue weighted by Gasteiger charge is -2.45. The summed E-state index contributed by atoms with van der Waals surface area (Å²) in [7, 11) is 0. The van der Waals surface area contributed by atoms with E-state index >= 15 is 0 Å². The minimum absolute atomic E-state index is 0.0864. The van der Waals surface area contributed by atoms with Crippen LogP contribution in [-0.2, 0) is 4.79 Å². The fourth-order valence-electron chi connectivity index (χ4n) is 3.36. The van der Waals surface area contributed by atoms with Crippen molar-refractivity contribution in [3.8, 4) is 5.75 Å². The van der Waals surface area contributed by atoms with Crippen LogP contribution in [-0.4, -0.2) is 23.6 Å². The zero-order valence-electron chi connectivity index (χ0n) is 13.5. The van der Waals surface area contributed by atoms with Gasteiger partial charge in [0, 0.05) is 13.0 Å². The predicted molar refractivity (Wildman–Crippen MR) is 89.2 cm³/mol. The number of nitrogens with zero attached hydrogens (tertiary/aromatic N) is 3. The van der Waals surface area contributed by atoms with Gasteiger partial charge in [-0.3, -0.25) is 9.69 Å². The monoisotopic (exact) mass is 333 g/mol. The molecule has 128 valence electrons. The number of anilines is 1. The molecule has 0 aromatic heterocycles. The second-order valence-corrected chi connectivity index (χ2v) is 6.03. The molecule has 0 unspecified atom stereocenters. The van der Waals surface area contributed by atoms with Crippen LogP contribution in [0.5, 0.6) is 5.75 Å². The van der Waals surface area contributed by atoms with Gasteiger partial charge in [0.25, 0.3) is 0 Å². The number of guanidine groups is 2. The van der Waals surface area contributed by atoms with Crippen molar-refractivity contribution in [2.75, 3.05) is 4.90 Å². The van der Waals surface area contributed by atoms with Gasteiger partial charge in [0.05, 0.1) is 5.69 Å². The summed E-state index contributed by atoms with van der Waals surface area (Å²) in [5.41, 5.74) is 11.3. The number of aliphatic imine (C=N–C) groups is 2. The number of hydrogen-bond donors (Lipinski definition) is 2. The minimum atomic E-state index is -0.746. The Hall–Kier alpha value is -2.64. The van der Waals surface area contributed by atoms with Gasteiger partial charge >= 0.3 is 5.97 Å². The van der Waals surface area contributed by atoms with Crippen LogP contribution < -0.4 is 21.1 Å². The Morgan fingerprint density at radius 2 is 2.00 bits per heavy atom. The van der Waals surface area contributed by atoms with Crippen molar-refractivity contribution in [1.29, 1.82) is 0 Å². The molecule has 0 amide bonds. The molecule has 1 aliphatic heterocycles. The maximum Gasteiger partial charge on any atom is 0.308 e. The zero-order valence-corrected chi connectivity index (χ0v) is 13.5. The number of rotatable bonds is 2. The first-order valence-corrected chi connectivity index (χ1v) is 7.89. The number of esters is 1. The lowest BCUT2D eigenvalue weighted by molar-refractivity contribution is -0.131. The summed E-state index contributed by atoms with van der Waals surface area (Å²) in [4.78, 5) is 21.2. The molecule has 1 aliphatic carbocycles. The number of benzene rings is 1. The molecular formula is C16H20FN5O2. The van der Waals surface area contributed by atoms with E-state index in [4.69, 9.17) is 16.2 Å². The Balaban J connectivity index is 2.08. The number of hydrogen-bond acceptors (Lipinski definition) is 7. The van der Waals surface area contributed by atoms with Crippen molar-refractivity contribution < 1.29 is 13.9 Å². The van der Waals surface area contributed by atoms with Crippen molar-refractivity contribution in [2.45, 2.75) is 44.7 Å². The molecule has 1 aromatic rings. The number of carbonyl (C=O) groups excluding carboxylic acids is 1. The number of carbonyl (C=O) groups is 1. The molecular weight excluding hydrogens is 313 g/mol. The molecule has 1 aromatic carbocycles. The van der Waals surface area contributed by atoms with Gasteiger partial charge in [0.1, 0.15) is 17.2 Å². The van der Waals surface area contributed by atoms with Crippen LogP contribution in [0.2, 0.25) is 0 Å². The maximum absolute atomic E-state index is 14.5. The lowest BCUT2D eigenvalue weighted by atomic mass is 9.87. The highest BCUT2D eigenvalue weighted by Gasteiger charge is 2.43. The summed E-state index contributed by atoms with van der Waals surface area (Å²) in [5.74, 6) is -0.558. The molecule has 3 rings (SSSR count). The minimum Gasteiger partial charge on any atom is -0.427 e. The highest BCUT2D eigenvalue weighted by Crippen LogP contribution is 2.41. The molecule has 8 heteroatoms. The van der Waals surface area contributed by atoms with Gasteiger partial charge in [-0.1, -0.05) is 6.42 Å². The fourth-order valence-corrected chi connectivity index (χ4v) is 3.36. The normalized spacial score (nSPS) is 19.7. The van der Waals surface area contributed by atoms with E-state index in [2.05, 4.69) is 9.98 Å². The number of ether oxygens (including phenoxy) is 1. The topological polar surface area (TPSA) is 106 Å². The number of halogens is 1. The van der Waals surface area contributed by atoms with Gasteiger partial charge in [0.15, 0.2) is 0 Å². The molecule has 0 saturated heterocycles. The lowest BCUT2D eigenvalue weighted by Crippen LogP contribution is -2.58. The van der Waals surface area contributed by atoms with Crippen molar-refractivity contribution in [3.63, 3.8) is 0 Å². The van der Waals surface area contributed by atoms with E-state index in [0.717, 1.165) is 19.3 Å². The number of nitrogens with two attached hydrogens (primary N) is 2. The van der Waals surface area contributed by atoms with E-state index in [1.807, 2.05) is 0 Å². The molecule has 0 atom stereocenters. The first kappa shape index (κ1) is 16.2. The summed E-state index contributed by atoms with van der Waals surface area (Å²) in [6, 6.07) is 4.06. The van der Waals surface area contributed by atoms with Gasteiger partial charge in [-0.15, -0.1) is 0 Å². The SMILES string of the molecule is CC(=O)Oc1ccc(F)c(N2C(N)=NC(N)=NC23CCCCC3)c1. The average molecular weight is 333 g/mol. The fraction of sp³-hybridized carbons (Fsp3) is 0.438. The summed E-state index contributed by atoms with van der Waals surface area (Å²) in [6.07, 6.45) is 4.35. The van der Waals surface area contributed by atoms with Crippen LogP contribution in [0.4, 0.5) is 10.1 Å². The Morgan fingerprint density at radius 3 is 2.67 bits per heavy atom. The van der Waals surface area contributed by atoms with Crippen LogP contribution >= 0.6 is 0 Å². The highest BCUT2D eigenvalue weighted by atomic mass is 19.1. The second-order valence-electron chi connectivity index (χ2n) is 6.03. The van der Waals surface area contributed by atoms with Gasteiger partial charge in [0.2, 0.25) is 11.9 Å². The summed E-state index contributed by atoms with van der Waals surface area (Å²) >= 11 is 0. The van der Waals surface area contributed by atoms with Crippen LogP contribution in [0, 0.1) is 5.82 Å². The zero-order chi connectivity index (χ0) is 17.3. The molecule has 1 fully saturated rings.